The fourth-order valence-corrected chi connectivity index (χ4v) is 4.61. The first-order valence-corrected chi connectivity index (χ1v) is 12.0. The van der Waals surface area contributed by atoms with Crippen LogP contribution in [0.5, 0.6) is 11.5 Å². The average molecular weight is 450 g/mol. The summed E-state index contributed by atoms with van der Waals surface area (Å²) in [5, 5.41) is 1.21. The molecule has 1 fully saturated rings. The number of urea groups is 1. The minimum atomic E-state index is 0.0287. The van der Waals surface area contributed by atoms with E-state index < -0.39 is 0 Å². The van der Waals surface area contributed by atoms with E-state index in [1.54, 1.807) is 7.11 Å². The maximum Gasteiger partial charge on any atom is 0.325 e. The minimum Gasteiger partial charge on any atom is -0.493 e. The summed E-state index contributed by atoms with van der Waals surface area (Å²) in [7, 11) is 1.65. The number of hydrogen-bond acceptors (Lipinski definition) is 3. The molecule has 6 heteroatoms. The molecule has 3 aromatic rings. The van der Waals surface area contributed by atoms with Crippen LogP contribution in [0.1, 0.15) is 50.7 Å². The molecule has 0 aliphatic carbocycles. The van der Waals surface area contributed by atoms with Crippen LogP contribution in [0.25, 0.3) is 10.9 Å². The highest BCUT2D eigenvalue weighted by molar-refractivity contribution is 5.94. The predicted molar refractivity (Wildman–Crippen MR) is 133 cm³/mol. The standard InChI is InChI=1S/C27H35N3O3/c1-5-6-7-15-33-25-16-22(11-12-24(25)32-4)29-14-13-20(3)30(27(29)31)18-21-9-8-10-23-26(21)19(2)17-28-23/h8-12,16-17,20,28H,5-7,13-15,18H2,1-4H3. The van der Waals surface area contributed by atoms with Gasteiger partial charge in [0.15, 0.2) is 11.5 Å². The molecule has 1 unspecified atom stereocenters. The molecule has 1 N–H and O–H groups in total. The van der Waals surface area contributed by atoms with Gasteiger partial charge in [0.25, 0.3) is 0 Å². The van der Waals surface area contributed by atoms with Gasteiger partial charge in [0.2, 0.25) is 0 Å². The van der Waals surface area contributed by atoms with Crippen molar-refractivity contribution in [1.82, 2.24) is 9.88 Å². The lowest BCUT2D eigenvalue weighted by Crippen LogP contribution is -2.53. The molecule has 4 rings (SSSR count). The van der Waals surface area contributed by atoms with E-state index in [2.05, 4.69) is 44.0 Å². The third-order valence-electron chi connectivity index (χ3n) is 6.57. The van der Waals surface area contributed by atoms with Crippen molar-refractivity contribution in [1.29, 1.82) is 0 Å². The van der Waals surface area contributed by atoms with Crippen LogP contribution in [0.4, 0.5) is 10.5 Å². The Kier molecular flexibility index (Phi) is 7.11. The van der Waals surface area contributed by atoms with Crippen LogP contribution in [-0.2, 0) is 6.54 Å². The number of methoxy groups -OCH3 is 1. The second-order valence-electron chi connectivity index (χ2n) is 8.90. The number of nitrogens with zero attached hydrogens (tertiary/aromatic N) is 2. The molecule has 1 atom stereocenters. The van der Waals surface area contributed by atoms with Crippen LogP contribution in [0.3, 0.4) is 0 Å². The van der Waals surface area contributed by atoms with E-state index in [-0.39, 0.29) is 12.1 Å². The number of hydrogen-bond donors (Lipinski definition) is 1. The van der Waals surface area contributed by atoms with Crippen LogP contribution in [0.2, 0.25) is 0 Å². The van der Waals surface area contributed by atoms with Crippen molar-refractivity contribution in [3.63, 3.8) is 0 Å². The summed E-state index contributed by atoms with van der Waals surface area (Å²) in [5.74, 6) is 1.39. The number of H-pyrrole nitrogens is 1. The summed E-state index contributed by atoms with van der Waals surface area (Å²) >= 11 is 0. The molecule has 2 amide bonds. The Labute approximate surface area is 196 Å². The summed E-state index contributed by atoms with van der Waals surface area (Å²) in [6.45, 7) is 8.33. The molecule has 6 nitrogen and oxygen atoms in total. The number of benzene rings is 2. The lowest BCUT2D eigenvalue weighted by Gasteiger charge is -2.40. The Balaban J connectivity index is 1.57. The zero-order valence-electron chi connectivity index (χ0n) is 20.2. The predicted octanol–water partition coefficient (Wildman–Crippen LogP) is 6.27. The summed E-state index contributed by atoms with van der Waals surface area (Å²) in [6.07, 6.45) is 6.22. The van der Waals surface area contributed by atoms with Crippen LogP contribution in [0, 0.1) is 6.92 Å². The molecule has 0 spiro atoms. The lowest BCUT2D eigenvalue weighted by molar-refractivity contribution is 0.166. The SMILES string of the molecule is CCCCCOc1cc(N2CCC(C)N(Cc3cccc4[nH]cc(C)c34)C2=O)ccc1OC. The number of aromatic nitrogens is 1. The summed E-state index contributed by atoms with van der Waals surface area (Å²) < 4.78 is 11.5. The number of rotatable bonds is 9. The van der Waals surface area contributed by atoms with E-state index in [4.69, 9.17) is 9.47 Å². The number of aryl methyl sites for hydroxylation is 1. The lowest BCUT2D eigenvalue weighted by atomic mass is 10.0. The van der Waals surface area contributed by atoms with Gasteiger partial charge in [-0.05, 0) is 56.0 Å². The monoisotopic (exact) mass is 449 g/mol. The first-order chi connectivity index (χ1) is 16.0. The van der Waals surface area contributed by atoms with Crippen molar-refractivity contribution in [2.24, 2.45) is 0 Å². The second kappa shape index (κ2) is 10.2. The maximum atomic E-state index is 13.6. The Hall–Kier alpha value is -3.15. The van der Waals surface area contributed by atoms with Gasteiger partial charge in [-0.25, -0.2) is 4.79 Å². The molecule has 2 aromatic carbocycles. The molecular formula is C27H35N3O3. The van der Waals surface area contributed by atoms with Gasteiger partial charge in [0.1, 0.15) is 0 Å². The topological polar surface area (TPSA) is 57.8 Å². The Morgan fingerprint density at radius 2 is 2.00 bits per heavy atom. The molecule has 0 bridgehead atoms. The molecular weight excluding hydrogens is 414 g/mol. The molecule has 176 valence electrons. The van der Waals surface area contributed by atoms with Crippen LogP contribution in [0.15, 0.2) is 42.6 Å². The quantitative estimate of drug-likeness (QED) is 0.391. The van der Waals surface area contributed by atoms with E-state index >= 15 is 0 Å². The second-order valence-corrected chi connectivity index (χ2v) is 8.90. The number of carbonyl (C=O) groups is 1. The van der Waals surface area contributed by atoms with E-state index in [1.165, 1.54) is 16.5 Å². The molecule has 1 aromatic heterocycles. The molecule has 1 saturated heterocycles. The summed E-state index contributed by atoms with van der Waals surface area (Å²) in [6, 6.07) is 12.2. The number of ether oxygens (including phenoxy) is 2. The van der Waals surface area contributed by atoms with Crippen LogP contribution >= 0.6 is 0 Å². The zero-order valence-corrected chi connectivity index (χ0v) is 20.2. The highest BCUT2D eigenvalue weighted by Gasteiger charge is 2.32. The van der Waals surface area contributed by atoms with E-state index in [0.717, 1.165) is 36.9 Å². The summed E-state index contributed by atoms with van der Waals surface area (Å²) in [5.41, 5.74) is 4.33. The molecule has 1 aliphatic heterocycles. The van der Waals surface area contributed by atoms with Gasteiger partial charge in [-0.3, -0.25) is 4.90 Å². The van der Waals surface area contributed by atoms with Crippen LogP contribution in [-0.4, -0.2) is 42.2 Å². The number of fused-ring (bicyclic) bond motifs is 1. The van der Waals surface area contributed by atoms with Gasteiger partial charge >= 0.3 is 6.03 Å². The number of anilines is 1. The van der Waals surface area contributed by atoms with Crippen molar-refractivity contribution in [3.8, 4) is 11.5 Å². The maximum absolute atomic E-state index is 13.6. The fraction of sp³-hybridized carbons (Fsp3) is 0.444. The van der Waals surface area contributed by atoms with Gasteiger partial charge in [-0.2, -0.15) is 0 Å². The minimum absolute atomic E-state index is 0.0287. The van der Waals surface area contributed by atoms with Crippen molar-refractivity contribution in [3.05, 3.63) is 53.7 Å². The zero-order chi connectivity index (χ0) is 23.4. The first kappa shape index (κ1) is 23.0. The smallest absolute Gasteiger partial charge is 0.325 e. The third-order valence-corrected chi connectivity index (χ3v) is 6.57. The van der Waals surface area contributed by atoms with Gasteiger partial charge in [0, 0.05) is 48.0 Å². The molecule has 1 aliphatic rings. The van der Waals surface area contributed by atoms with E-state index in [1.807, 2.05) is 34.2 Å². The Morgan fingerprint density at radius 3 is 2.79 bits per heavy atom. The third kappa shape index (κ3) is 4.80. The number of aromatic amines is 1. The fourth-order valence-electron chi connectivity index (χ4n) is 4.61. The highest BCUT2D eigenvalue weighted by Crippen LogP contribution is 2.34. The van der Waals surface area contributed by atoms with Crippen molar-refractivity contribution in [2.45, 2.75) is 59.0 Å². The number of unbranched alkanes of at least 4 members (excludes halogenated alkanes) is 2. The normalized spacial score (nSPS) is 16.5. The van der Waals surface area contributed by atoms with Crippen LogP contribution < -0.4 is 14.4 Å². The molecule has 0 saturated carbocycles. The molecule has 2 heterocycles. The number of nitrogens with one attached hydrogen (secondary N) is 1. The first-order valence-electron chi connectivity index (χ1n) is 12.0. The average Bonchev–Trinajstić information content (AvgIpc) is 3.21. The van der Waals surface area contributed by atoms with Crippen molar-refractivity contribution < 1.29 is 14.3 Å². The summed E-state index contributed by atoms with van der Waals surface area (Å²) in [4.78, 5) is 20.8. The van der Waals surface area contributed by atoms with Crippen molar-refractivity contribution in [2.75, 3.05) is 25.2 Å². The highest BCUT2D eigenvalue weighted by atomic mass is 16.5. The van der Waals surface area contributed by atoms with Gasteiger partial charge < -0.3 is 19.4 Å². The van der Waals surface area contributed by atoms with Crippen molar-refractivity contribution >= 4 is 22.6 Å². The largest absolute Gasteiger partial charge is 0.493 e. The van der Waals surface area contributed by atoms with E-state index in [0.29, 0.717) is 31.2 Å². The molecule has 0 radical (unpaired) electrons. The number of amides is 2. The number of carbonyl (C=O) groups excluding carboxylic acids is 1. The van der Waals surface area contributed by atoms with Gasteiger partial charge in [-0.1, -0.05) is 31.9 Å². The molecule has 33 heavy (non-hydrogen) atoms. The van der Waals surface area contributed by atoms with Gasteiger partial charge in [0.05, 0.1) is 13.7 Å². The Morgan fingerprint density at radius 1 is 1.15 bits per heavy atom. The van der Waals surface area contributed by atoms with Gasteiger partial charge in [-0.15, -0.1) is 0 Å². The Bertz CT molecular complexity index is 1110. The van der Waals surface area contributed by atoms with E-state index in [9.17, 15) is 4.79 Å².